The largest absolute Gasteiger partial charge is 0.495 e. The van der Waals surface area contributed by atoms with Gasteiger partial charge in [-0.15, -0.1) is 11.3 Å². The number of hydrogen-bond donors (Lipinski definition) is 1. The second-order valence-corrected chi connectivity index (χ2v) is 8.00. The molecular formula is C13H15BrN2O3S2. The summed E-state index contributed by atoms with van der Waals surface area (Å²) in [5, 5.41) is 2.77. The molecule has 2 aromatic rings. The summed E-state index contributed by atoms with van der Waals surface area (Å²) in [7, 11) is -2.19. The first-order valence-electron chi connectivity index (χ1n) is 6.16. The first-order chi connectivity index (χ1) is 9.94. The maximum Gasteiger partial charge on any atom is 0.244 e. The highest BCUT2D eigenvalue weighted by atomic mass is 79.9. The first kappa shape index (κ1) is 16.4. The number of methoxy groups -OCH3 is 1. The van der Waals surface area contributed by atoms with Gasteiger partial charge in [-0.3, -0.25) is 0 Å². The quantitative estimate of drug-likeness (QED) is 0.822. The Labute approximate surface area is 136 Å². The summed E-state index contributed by atoms with van der Waals surface area (Å²) in [5.41, 5.74) is 0. The molecule has 1 N–H and O–H groups in total. The van der Waals surface area contributed by atoms with Crippen LogP contribution in [0.1, 0.15) is 17.8 Å². The molecule has 0 spiro atoms. The lowest BCUT2D eigenvalue weighted by Crippen LogP contribution is -2.28. The molecule has 0 radical (unpaired) electrons. The summed E-state index contributed by atoms with van der Waals surface area (Å²) < 4.78 is 33.2. The van der Waals surface area contributed by atoms with E-state index in [9.17, 15) is 8.42 Å². The Morgan fingerprint density at radius 3 is 2.86 bits per heavy atom. The smallest absolute Gasteiger partial charge is 0.244 e. The van der Waals surface area contributed by atoms with Crippen LogP contribution in [0, 0.1) is 0 Å². The van der Waals surface area contributed by atoms with E-state index in [-0.39, 0.29) is 17.4 Å². The maximum atomic E-state index is 12.4. The van der Waals surface area contributed by atoms with Crippen molar-refractivity contribution in [3.8, 4) is 5.75 Å². The number of benzene rings is 1. The average Bonchev–Trinajstić information content (AvgIpc) is 2.99. The molecule has 0 saturated heterocycles. The van der Waals surface area contributed by atoms with Crippen LogP contribution in [0.3, 0.4) is 0 Å². The molecular weight excluding hydrogens is 376 g/mol. The molecule has 21 heavy (non-hydrogen) atoms. The molecule has 5 nitrogen and oxygen atoms in total. The number of nitrogens with zero attached hydrogens (tertiary/aromatic N) is 1. The van der Waals surface area contributed by atoms with E-state index in [1.165, 1.54) is 24.5 Å². The molecule has 0 aliphatic rings. The monoisotopic (exact) mass is 390 g/mol. The zero-order valence-electron chi connectivity index (χ0n) is 11.5. The highest BCUT2D eigenvalue weighted by Crippen LogP contribution is 2.27. The van der Waals surface area contributed by atoms with Crippen molar-refractivity contribution in [2.45, 2.75) is 17.7 Å². The SMILES string of the molecule is COc1ccc(Br)cc1S(=O)(=O)NCC(C)c1nccs1. The predicted octanol–water partition coefficient (Wildman–Crippen LogP) is 3.00. The number of ether oxygens (including phenoxy) is 1. The van der Waals surface area contributed by atoms with Gasteiger partial charge in [0.1, 0.15) is 10.6 Å². The molecule has 0 aliphatic carbocycles. The van der Waals surface area contributed by atoms with E-state index < -0.39 is 10.0 Å². The minimum absolute atomic E-state index is 0.0120. The van der Waals surface area contributed by atoms with Crippen LogP contribution >= 0.6 is 27.3 Å². The number of aromatic nitrogens is 1. The van der Waals surface area contributed by atoms with Gasteiger partial charge in [0.2, 0.25) is 10.0 Å². The molecule has 0 amide bonds. The van der Waals surface area contributed by atoms with E-state index in [4.69, 9.17) is 4.74 Å². The van der Waals surface area contributed by atoms with Gasteiger partial charge in [-0.25, -0.2) is 18.1 Å². The van der Waals surface area contributed by atoms with E-state index in [1.807, 2.05) is 12.3 Å². The van der Waals surface area contributed by atoms with Crippen molar-refractivity contribution < 1.29 is 13.2 Å². The molecule has 2 rings (SSSR count). The maximum absolute atomic E-state index is 12.4. The van der Waals surface area contributed by atoms with Crippen LogP contribution in [-0.2, 0) is 10.0 Å². The van der Waals surface area contributed by atoms with Gasteiger partial charge in [0.15, 0.2) is 0 Å². The van der Waals surface area contributed by atoms with E-state index in [0.29, 0.717) is 10.2 Å². The minimum atomic E-state index is -3.64. The van der Waals surface area contributed by atoms with Crippen LogP contribution < -0.4 is 9.46 Å². The Hall–Kier alpha value is -0.960. The zero-order chi connectivity index (χ0) is 15.5. The molecule has 1 aromatic carbocycles. The van der Waals surface area contributed by atoms with Crippen molar-refractivity contribution in [3.63, 3.8) is 0 Å². The Bertz CT molecular complexity index is 702. The van der Waals surface area contributed by atoms with Gasteiger partial charge in [0.05, 0.1) is 12.1 Å². The molecule has 0 bridgehead atoms. The van der Waals surface area contributed by atoms with Gasteiger partial charge in [-0.05, 0) is 18.2 Å². The second-order valence-electron chi connectivity index (χ2n) is 4.42. The number of halogens is 1. The van der Waals surface area contributed by atoms with Crippen molar-refractivity contribution in [3.05, 3.63) is 39.3 Å². The topological polar surface area (TPSA) is 68.3 Å². The Morgan fingerprint density at radius 2 is 2.24 bits per heavy atom. The van der Waals surface area contributed by atoms with Gasteiger partial charge < -0.3 is 4.74 Å². The van der Waals surface area contributed by atoms with E-state index in [2.05, 4.69) is 25.6 Å². The Balaban J connectivity index is 2.17. The molecule has 0 aliphatic heterocycles. The molecule has 1 aromatic heterocycles. The molecule has 114 valence electrons. The summed E-state index contributed by atoms with van der Waals surface area (Å²) >= 11 is 4.78. The predicted molar refractivity (Wildman–Crippen MR) is 86.4 cm³/mol. The lowest BCUT2D eigenvalue weighted by molar-refractivity contribution is 0.402. The van der Waals surface area contributed by atoms with Gasteiger partial charge in [0.25, 0.3) is 0 Å². The molecule has 0 fully saturated rings. The summed E-state index contributed by atoms with van der Waals surface area (Å²) in [4.78, 5) is 4.31. The first-order valence-corrected chi connectivity index (χ1v) is 9.32. The van der Waals surface area contributed by atoms with Crippen LogP contribution in [0.5, 0.6) is 5.75 Å². The van der Waals surface area contributed by atoms with Crippen LogP contribution in [-0.4, -0.2) is 27.1 Å². The third-order valence-corrected chi connectivity index (χ3v) is 5.81. The summed E-state index contributed by atoms with van der Waals surface area (Å²) in [6.45, 7) is 2.21. The number of rotatable bonds is 6. The lowest BCUT2D eigenvalue weighted by atomic mass is 10.2. The summed E-state index contributed by atoms with van der Waals surface area (Å²) in [5.74, 6) is 0.325. The van der Waals surface area contributed by atoms with Crippen molar-refractivity contribution in [2.24, 2.45) is 0 Å². The molecule has 0 saturated carbocycles. The summed E-state index contributed by atoms with van der Waals surface area (Å²) in [6.07, 6.45) is 1.71. The molecule has 1 atom stereocenters. The number of thiazole rings is 1. The van der Waals surface area contributed by atoms with Crippen molar-refractivity contribution in [1.29, 1.82) is 0 Å². The van der Waals surface area contributed by atoms with Gasteiger partial charge in [-0.2, -0.15) is 0 Å². The van der Waals surface area contributed by atoms with Crippen LogP contribution in [0.2, 0.25) is 0 Å². The fourth-order valence-electron chi connectivity index (χ4n) is 1.74. The van der Waals surface area contributed by atoms with Gasteiger partial charge in [0, 0.05) is 28.5 Å². The highest BCUT2D eigenvalue weighted by molar-refractivity contribution is 9.10. The van der Waals surface area contributed by atoms with Crippen molar-refractivity contribution in [1.82, 2.24) is 9.71 Å². The molecule has 1 heterocycles. The standard InChI is InChI=1S/C13H15BrN2O3S2/c1-9(13-15-5-6-20-13)8-16-21(17,18)12-7-10(14)3-4-11(12)19-2/h3-7,9,16H,8H2,1-2H3. The van der Waals surface area contributed by atoms with Crippen LogP contribution in [0.15, 0.2) is 39.1 Å². The van der Waals surface area contributed by atoms with Gasteiger partial charge in [-0.1, -0.05) is 22.9 Å². The Kier molecular flexibility index (Phi) is 5.37. The second kappa shape index (κ2) is 6.87. The van der Waals surface area contributed by atoms with E-state index in [0.717, 1.165) is 5.01 Å². The normalized spacial score (nSPS) is 13.1. The molecule has 8 heteroatoms. The lowest BCUT2D eigenvalue weighted by Gasteiger charge is -2.13. The molecule has 1 unspecified atom stereocenters. The van der Waals surface area contributed by atoms with E-state index in [1.54, 1.807) is 18.3 Å². The Morgan fingerprint density at radius 1 is 1.48 bits per heavy atom. The average molecular weight is 391 g/mol. The van der Waals surface area contributed by atoms with Crippen molar-refractivity contribution >= 4 is 37.3 Å². The third kappa shape index (κ3) is 4.03. The van der Waals surface area contributed by atoms with Gasteiger partial charge >= 0.3 is 0 Å². The third-order valence-electron chi connectivity index (χ3n) is 2.87. The number of sulfonamides is 1. The number of hydrogen-bond acceptors (Lipinski definition) is 5. The van der Waals surface area contributed by atoms with E-state index >= 15 is 0 Å². The number of nitrogens with one attached hydrogen (secondary N) is 1. The zero-order valence-corrected chi connectivity index (χ0v) is 14.8. The highest BCUT2D eigenvalue weighted by Gasteiger charge is 2.21. The fraction of sp³-hybridized carbons (Fsp3) is 0.308. The minimum Gasteiger partial charge on any atom is -0.495 e. The summed E-state index contributed by atoms with van der Waals surface area (Å²) in [6, 6.07) is 4.87. The van der Waals surface area contributed by atoms with Crippen LogP contribution in [0.4, 0.5) is 0 Å². The fourth-order valence-corrected chi connectivity index (χ4v) is 4.27. The van der Waals surface area contributed by atoms with Crippen molar-refractivity contribution in [2.75, 3.05) is 13.7 Å². The van der Waals surface area contributed by atoms with Crippen LogP contribution in [0.25, 0.3) is 0 Å².